The highest BCUT2D eigenvalue weighted by Gasteiger charge is 2.38. The number of alkyl halides is 2. The van der Waals surface area contributed by atoms with Crippen molar-refractivity contribution in [3.63, 3.8) is 0 Å². The molecule has 4 aromatic rings. The number of fused-ring (bicyclic) bond motifs is 3. The Balaban J connectivity index is 1.66. The lowest BCUT2D eigenvalue weighted by Gasteiger charge is -2.18. The van der Waals surface area contributed by atoms with Gasteiger partial charge < -0.3 is 14.2 Å². The lowest BCUT2D eigenvalue weighted by atomic mass is 9.95. The monoisotopic (exact) mass is 488 g/mol. The van der Waals surface area contributed by atoms with Crippen LogP contribution in [0.3, 0.4) is 0 Å². The second kappa shape index (κ2) is 8.56. The number of rotatable bonds is 5. The minimum absolute atomic E-state index is 0.0422. The van der Waals surface area contributed by atoms with Crippen LogP contribution < -0.4 is 4.74 Å². The van der Waals surface area contributed by atoms with Crippen LogP contribution in [0.4, 0.5) is 13.2 Å². The molecule has 34 heavy (non-hydrogen) atoms. The van der Waals surface area contributed by atoms with Crippen molar-refractivity contribution in [1.82, 2.24) is 19.4 Å². The number of aromatic nitrogens is 4. The van der Waals surface area contributed by atoms with Gasteiger partial charge in [-0.05, 0) is 24.6 Å². The summed E-state index contributed by atoms with van der Waals surface area (Å²) >= 11 is 6.16. The highest BCUT2D eigenvalue weighted by Crippen LogP contribution is 2.47. The van der Waals surface area contributed by atoms with E-state index in [0.717, 1.165) is 0 Å². The van der Waals surface area contributed by atoms with Crippen molar-refractivity contribution in [1.29, 1.82) is 0 Å². The molecule has 1 aliphatic carbocycles. The van der Waals surface area contributed by atoms with Gasteiger partial charge in [0.1, 0.15) is 23.0 Å². The zero-order chi connectivity index (χ0) is 24.1. The summed E-state index contributed by atoms with van der Waals surface area (Å²) in [6.07, 6.45) is 3.91. The second-order valence-corrected chi connectivity index (χ2v) is 8.93. The predicted octanol–water partition coefficient (Wildman–Crippen LogP) is 5.88. The summed E-state index contributed by atoms with van der Waals surface area (Å²) in [4.78, 5) is 13.0. The summed E-state index contributed by atoms with van der Waals surface area (Å²) in [5, 5.41) is 11.0. The molecule has 10 heteroatoms. The van der Waals surface area contributed by atoms with Gasteiger partial charge in [-0.3, -0.25) is 0 Å². The molecule has 5 rings (SSSR count). The molecule has 1 N–H and O–H groups in total. The molecule has 3 heterocycles. The average molecular weight is 489 g/mol. The fraction of sp³-hybridized carbons (Fsp3) is 0.292. The third kappa shape index (κ3) is 3.88. The minimum Gasteiger partial charge on any atom is -0.435 e. The largest absolute Gasteiger partial charge is 0.435 e. The molecule has 0 amide bonds. The lowest BCUT2D eigenvalue weighted by molar-refractivity contribution is -0.0506. The Bertz CT molecular complexity index is 1380. The first kappa shape index (κ1) is 22.6. The Morgan fingerprint density at radius 2 is 1.91 bits per heavy atom. The van der Waals surface area contributed by atoms with Crippen LogP contribution in [0.1, 0.15) is 61.0 Å². The smallest absolute Gasteiger partial charge is 0.387 e. The molecular formula is C24H20ClF3N4O2. The van der Waals surface area contributed by atoms with Gasteiger partial charge >= 0.3 is 6.61 Å². The predicted molar refractivity (Wildman–Crippen MR) is 120 cm³/mol. The number of benzene rings is 1. The summed E-state index contributed by atoms with van der Waals surface area (Å²) in [6, 6.07) is 5.63. The summed E-state index contributed by atoms with van der Waals surface area (Å²) < 4.78 is 47.5. The van der Waals surface area contributed by atoms with Crippen molar-refractivity contribution in [3.8, 4) is 16.9 Å². The van der Waals surface area contributed by atoms with Crippen LogP contribution >= 0.6 is 11.6 Å². The summed E-state index contributed by atoms with van der Waals surface area (Å²) in [5.74, 6) is -0.343. The third-order valence-electron chi connectivity index (χ3n) is 5.94. The molecule has 2 atom stereocenters. The third-order valence-corrected chi connectivity index (χ3v) is 6.18. The maximum absolute atomic E-state index is 15.0. The van der Waals surface area contributed by atoms with E-state index in [1.54, 1.807) is 23.0 Å². The number of hydrogen-bond donors (Lipinski definition) is 1. The highest BCUT2D eigenvalue weighted by atomic mass is 35.5. The maximum atomic E-state index is 15.0. The van der Waals surface area contributed by atoms with Crippen molar-refractivity contribution in [3.05, 3.63) is 76.5 Å². The van der Waals surface area contributed by atoms with E-state index in [0.29, 0.717) is 33.4 Å². The number of aliphatic hydroxyl groups is 1. The normalized spacial score (nSPS) is 17.7. The second-order valence-electron chi connectivity index (χ2n) is 8.49. The maximum Gasteiger partial charge on any atom is 0.387 e. The van der Waals surface area contributed by atoms with Gasteiger partial charge in [-0.15, -0.1) is 0 Å². The Kier molecular flexibility index (Phi) is 5.69. The lowest BCUT2D eigenvalue weighted by Crippen LogP contribution is -2.09. The Morgan fingerprint density at radius 3 is 2.59 bits per heavy atom. The number of imidazole rings is 1. The van der Waals surface area contributed by atoms with Crippen LogP contribution in [-0.2, 0) is 0 Å². The quantitative estimate of drug-likeness (QED) is 0.380. The van der Waals surface area contributed by atoms with Crippen molar-refractivity contribution < 1.29 is 23.0 Å². The summed E-state index contributed by atoms with van der Waals surface area (Å²) in [5.41, 5.74) is 2.32. The first-order chi connectivity index (χ1) is 16.2. The Morgan fingerprint density at radius 1 is 1.18 bits per heavy atom. The first-order valence-corrected chi connectivity index (χ1v) is 11.1. The van der Waals surface area contributed by atoms with E-state index < -0.39 is 24.5 Å². The molecule has 6 nitrogen and oxygen atoms in total. The first-order valence-electron chi connectivity index (χ1n) is 10.7. The average Bonchev–Trinajstić information content (AvgIpc) is 3.31. The van der Waals surface area contributed by atoms with Crippen molar-refractivity contribution in [2.24, 2.45) is 0 Å². The van der Waals surface area contributed by atoms with Crippen LogP contribution in [0.2, 0.25) is 5.02 Å². The van der Waals surface area contributed by atoms with E-state index in [9.17, 15) is 13.9 Å². The van der Waals surface area contributed by atoms with Gasteiger partial charge in [-0.1, -0.05) is 25.4 Å². The Hall–Kier alpha value is -3.17. The van der Waals surface area contributed by atoms with Crippen LogP contribution in [0.5, 0.6) is 5.75 Å². The Labute approximate surface area is 198 Å². The molecule has 0 saturated carbocycles. The molecule has 1 aliphatic rings. The molecule has 1 aromatic carbocycles. The zero-order valence-electron chi connectivity index (χ0n) is 18.2. The molecule has 0 aliphatic heterocycles. The fourth-order valence-electron chi connectivity index (χ4n) is 4.40. The van der Waals surface area contributed by atoms with E-state index >= 15 is 4.39 Å². The SMILES string of the molecule is CC(C)c1ncc(-c2cn3c4c(nc3cc2F)C(O)CC4c2cc(Cl)ccc2OC(F)F)cn1. The van der Waals surface area contributed by atoms with Crippen molar-refractivity contribution in [2.45, 2.75) is 44.8 Å². The summed E-state index contributed by atoms with van der Waals surface area (Å²) in [6.45, 7) is 0.899. The fourth-order valence-corrected chi connectivity index (χ4v) is 4.58. The van der Waals surface area contributed by atoms with Crippen LogP contribution in [0.25, 0.3) is 16.8 Å². The zero-order valence-corrected chi connectivity index (χ0v) is 19.0. The number of halogens is 4. The van der Waals surface area contributed by atoms with Gasteiger partial charge in [0.25, 0.3) is 0 Å². The highest BCUT2D eigenvalue weighted by molar-refractivity contribution is 6.30. The number of nitrogens with zero attached hydrogens (tertiary/aromatic N) is 4. The molecule has 0 bridgehead atoms. The van der Waals surface area contributed by atoms with Crippen LogP contribution in [-0.4, -0.2) is 31.1 Å². The van der Waals surface area contributed by atoms with E-state index in [2.05, 4.69) is 15.0 Å². The van der Waals surface area contributed by atoms with Crippen LogP contribution in [0.15, 0.2) is 42.9 Å². The minimum atomic E-state index is -3.03. The molecule has 0 radical (unpaired) electrons. The molecule has 0 saturated heterocycles. The van der Waals surface area contributed by atoms with Crippen LogP contribution in [0, 0.1) is 5.82 Å². The molecule has 3 aromatic heterocycles. The van der Waals surface area contributed by atoms with Crippen molar-refractivity contribution >= 4 is 17.2 Å². The van der Waals surface area contributed by atoms with Gasteiger partial charge in [0.2, 0.25) is 0 Å². The standard InChI is InChI=1S/C24H20ClF3N4O2/c1-11(2)23-29-8-12(9-30-23)16-10-32-20(7-17(16)26)31-21-18(33)6-15(22(21)32)14-5-13(25)3-4-19(14)34-24(27)28/h3-5,7-11,15,18,24,33H,6H2,1-2H3. The number of ether oxygens (including phenoxy) is 1. The molecule has 176 valence electrons. The van der Waals surface area contributed by atoms with E-state index in [1.165, 1.54) is 24.3 Å². The van der Waals surface area contributed by atoms with Gasteiger partial charge in [0.05, 0.1) is 17.5 Å². The number of pyridine rings is 1. The van der Waals surface area contributed by atoms with Crippen molar-refractivity contribution in [2.75, 3.05) is 0 Å². The number of aliphatic hydroxyl groups excluding tert-OH is 1. The van der Waals surface area contributed by atoms with E-state index in [4.69, 9.17) is 16.3 Å². The molecule has 2 unspecified atom stereocenters. The van der Waals surface area contributed by atoms with Gasteiger partial charge in [-0.2, -0.15) is 8.78 Å². The molecule has 0 spiro atoms. The molecule has 0 fully saturated rings. The van der Waals surface area contributed by atoms with E-state index in [-0.39, 0.29) is 29.3 Å². The summed E-state index contributed by atoms with van der Waals surface area (Å²) in [7, 11) is 0. The van der Waals surface area contributed by atoms with E-state index in [1.807, 2.05) is 13.8 Å². The molecular weight excluding hydrogens is 469 g/mol. The topological polar surface area (TPSA) is 72.5 Å². The number of hydrogen-bond acceptors (Lipinski definition) is 5. The van der Waals surface area contributed by atoms with Gasteiger partial charge in [-0.25, -0.2) is 19.3 Å². The van der Waals surface area contributed by atoms with Gasteiger partial charge in [0.15, 0.2) is 0 Å². The van der Waals surface area contributed by atoms with Gasteiger partial charge in [0, 0.05) is 58.2 Å².